The number of carbonyl (C=O) groups is 1. The molecule has 0 saturated heterocycles. The Kier molecular flexibility index (Phi) is 4.46. The molecule has 0 spiro atoms. The fourth-order valence-electron chi connectivity index (χ4n) is 1.60. The third-order valence-corrected chi connectivity index (χ3v) is 3.68. The minimum Gasteiger partial charge on any atom is -0.481 e. The van der Waals surface area contributed by atoms with E-state index in [4.69, 9.17) is 5.11 Å². The lowest BCUT2D eigenvalue weighted by atomic mass is 10.2. The summed E-state index contributed by atoms with van der Waals surface area (Å²) in [6, 6.07) is 10.1. The number of carboxylic acids is 1. The minimum atomic E-state index is -0.805. The van der Waals surface area contributed by atoms with E-state index in [0.717, 1.165) is 16.6 Å². The van der Waals surface area contributed by atoms with Gasteiger partial charge in [-0.2, -0.15) is 0 Å². The average molecular weight is 277 g/mol. The number of hydrogen-bond donors (Lipinski definition) is 1. The topological polar surface area (TPSA) is 66.3 Å². The number of carboxylic acid groups (broad SMARTS) is 1. The molecule has 6 heteroatoms. The zero-order valence-electron chi connectivity index (χ0n) is 10.6. The molecule has 0 fully saturated rings. The molecule has 0 unspecified atom stereocenters. The molecule has 2 aromatic rings. The smallest absolute Gasteiger partial charge is 0.305 e. The Balaban J connectivity index is 1.97. The van der Waals surface area contributed by atoms with Gasteiger partial charge in [0.25, 0.3) is 0 Å². The third-order valence-electron chi connectivity index (χ3n) is 2.64. The quantitative estimate of drug-likeness (QED) is 0.875. The van der Waals surface area contributed by atoms with Crippen LogP contribution < -0.4 is 4.90 Å². The molecule has 0 aliphatic heterocycles. The summed E-state index contributed by atoms with van der Waals surface area (Å²) >= 11 is 1.50. The third kappa shape index (κ3) is 4.03. The largest absolute Gasteiger partial charge is 0.481 e. The summed E-state index contributed by atoms with van der Waals surface area (Å²) in [5, 5.41) is 18.6. The Morgan fingerprint density at radius 2 is 2.05 bits per heavy atom. The van der Waals surface area contributed by atoms with Gasteiger partial charge in [0.2, 0.25) is 5.13 Å². The second kappa shape index (κ2) is 6.29. The van der Waals surface area contributed by atoms with E-state index in [1.807, 2.05) is 30.1 Å². The van der Waals surface area contributed by atoms with Gasteiger partial charge in [0.15, 0.2) is 0 Å². The first kappa shape index (κ1) is 13.5. The SMILES string of the molecule is CN(CCC(=O)O)c1nnc(Cc2ccccc2)s1. The molecular weight excluding hydrogens is 262 g/mol. The molecule has 0 bridgehead atoms. The van der Waals surface area contributed by atoms with Gasteiger partial charge in [0.05, 0.1) is 6.42 Å². The highest BCUT2D eigenvalue weighted by Crippen LogP contribution is 2.21. The monoisotopic (exact) mass is 277 g/mol. The summed E-state index contributed by atoms with van der Waals surface area (Å²) in [6.07, 6.45) is 0.857. The fraction of sp³-hybridized carbons (Fsp3) is 0.308. The first-order valence-corrected chi connectivity index (χ1v) is 6.76. The van der Waals surface area contributed by atoms with Crippen molar-refractivity contribution in [3.8, 4) is 0 Å². The summed E-state index contributed by atoms with van der Waals surface area (Å²) in [5.74, 6) is -0.805. The van der Waals surface area contributed by atoms with Crippen molar-refractivity contribution in [2.45, 2.75) is 12.8 Å². The van der Waals surface area contributed by atoms with Crippen molar-refractivity contribution in [2.24, 2.45) is 0 Å². The summed E-state index contributed by atoms with van der Waals surface area (Å²) in [4.78, 5) is 12.3. The van der Waals surface area contributed by atoms with Crippen molar-refractivity contribution in [3.05, 3.63) is 40.9 Å². The summed E-state index contributed by atoms with van der Waals surface area (Å²) in [5.41, 5.74) is 1.19. The number of hydrogen-bond acceptors (Lipinski definition) is 5. The van der Waals surface area contributed by atoms with E-state index >= 15 is 0 Å². The van der Waals surface area contributed by atoms with Gasteiger partial charge in [-0.25, -0.2) is 0 Å². The first-order chi connectivity index (χ1) is 9.15. The maximum Gasteiger partial charge on any atom is 0.305 e. The van der Waals surface area contributed by atoms with Gasteiger partial charge < -0.3 is 10.0 Å². The zero-order valence-corrected chi connectivity index (χ0v) is 11.4. The van der Waals surface area contributed by atoms with E-state index in [-0.39, 0.29) is 6.42 Å². The second-order valence-electron chi connectivity index (χ2n) is 4.21. The van der Waals surface area contributed by atoms with E-state index in [9.17, 15) is 4.79 Å². The Labute approximate surface area is 115 Å². The number of nitrogens with zero attached hydrogens (tertiary/aromatic N) is 3. The highest BCUT2D eigenvalue weighted by Gasteiger charge is 2.10. The maximum absolute atomic E-state index is 10.5. The van der Waals surface area contributed by atoms with Crippen LogP contribution in [0.3, 0.4) is 0 Å². The van der Waals surface area contributed by atoms with Crippen LogP contribution in [0.4, 0.5) is 5.13 Å². The van der Waals surface area contributed by atoms with Gasteiger partial charge in [-0.05, 0) is 5.56 Å². The molecule has 1 aromatic heterocycles. The van der Waals surface area contributed by atoms with Gasteiger partial charge in [0.1, 0.15) is 5.01 Å². The molecule has 1 N–H and O–H groups in total. The molecular formula is C13H15N3O2S. The van der Waals surface area contributed by atoms with Gasteiger partial charge >= 0.3 is 5.97 Å². The molecule has 0 amide bonds. The first-order valence-electron chi connectivity index (χ1n) is 5.94. The van der Waals surface area contributed by atoms with Crippen molar-refractivity contribution >= 4 is 22.4 Å². The second-order valence-corrected chi connectivity index (χ2v) is 5.25. The van der Waals surface area contributed by atoms with Crippen LogP contribution in [0.1, 0.15) is 17.0 Å². The van der Waals surface area contributed by atoms with Gasteiger partial charge in [-0.1, -0.05) is 41.7 Å². The lowest BCUT2D eigenvalue weighted by Gasteiger charge is -2.12. The molecule has 0 aliphatic carbocycles. The Bertz CT molecular complexity index is 542. The fourth-order valence-corrected chi connectivity index (χ4v) is 2.46. The van der Waals surface area contributed by atoms with E-state index < -0.39 is 5.97 Å². The molecule has 0 atom stereocenters. The number of anilines is 1. The number of aromatic nitrogens is 2. The maximum atomic E-state index is 10.5. The average Bonchev–Trinajstić information content (AvgIpc) is 2.85. The Morgan fingerprint density at radius 1 is 1.32 bits per heavy atom. The van der Waals surface area contributed by atoms with Gasteiger partial charge in [-0.3, -0.25) is 4.79 Å². The highest BCUT2D eigenvalue weighted by molar-refractivity contribution is 7.15. The van der Waals surface area contributed by atoms with Crippen LogP contribution in [0, 0.1) is 0 Å². The lowest BCUT2D eigenvalue weighted by Crippen LogP contribution is -2.20. The van der Waals surface area contributed by atoms with Crippen LogP contribution in [0.15, 0.2) is 30.3 Å². The zero-order chi connectivity index (χ0) is 13.7. The molecule has 5 nitrogen and oxygen atoms in total. The van der Waals surface area contributed by atoms with Crippen LogP contribution in [0.25, 0.3) is 0 Å². The Hall–Kier alpha value is -1.95. The Morgan fingerprint density at radius 3 is 2.74 bits per heavy atom. The van der Waals surface area contributed by atoms with Crippen molar-refractivity contribution in [1.29, 1.82) is 0 Å². The molecule has 1 heterocycles. The van der Waals surface area contributed by atoms with Crippen LogP contribution in [-0.4, -0.2) is 34.9 Å². The molecule has 19 heavy (non-hydrogen) atoms. The summed E-state index contributed by atoms with van der Waals surface area (Å²) < 4.78 is 0. The van der Waals surface area contributed by atoms with Gasteiger partial charge in [0, 0.05) is 20.0 Å². The van der Waals surface area contributed by atoms with Crippen molar-refractivity contribution in [3.63, 3.8) is 0 Å². The molecule has 100 valence electrons. The predicted octanol–water partition coefficient (Wildman–Crippen LogP) is 2.04. The number of rotatable bonds is 6. The number of aliphatic carboxylic acids is 1. The molecule has 0 saturated carbocycles. The normalized spacial score (nSPS) is 10.4. The lowest BCUT2D eigenvalue weighted by molar-refractivity contribution is -0.136. The van der Waals surface area contributed by atoms with E-state index in [2.05, 4.69) is 22.3 Å². The van der Waals surface area contributed by atoms with Crippen molar-refractivity contribution in [1.82, 2.24) is 10.2 Å². The standard InChI is InChI=1S/C13H15N3O2S/c1-16(8-7-12(17)18)13-15-14-11(19-13)9-10-5-3-2-4-6-10/h2-6H,7-9H2,1H3,(H,17,18). The van der Waals surface area contributed by atoms with Crippen LogP contribution in [0.2, 0.25) is 0 Å². The van der Waals surface area contributed by atoms with E-state index in [1.54, 1.807) is 0 Å². The summed E-state index contributed by atoms with van der Waals surface area (Å²) in [7, 11) is 1.83. The molecule has 0 radical (unpaired) electrons. The highest BCUT2D eigenvalue weighted by atomic mass is 32.1. The van der Waals surface area contributed by atoms with Crippen molar-refractivity contribution in [2.75, 3.05) is 18.5 Å². The van der Waals surface area contributed by atoms with E-state index in [0.29, 0.717) is 6.54 Å². The van der Waals surface area contributed by atoms with Gasteiger partial charge in [-0.15, -0.1) is 10.2 Å². The van der Waals surface area contributed by atoms with Crippen LogP contribution in [-0.2, 0) is 11.2 Å². The predicted molar refractivity (Wildman–Crippen MR) is 74.7 cm³/mol. The summed E-state index contributed by atoms with van der Waals surface area (Å²) in [6.45, 7) is 0.440. The molecule has 2 rings (SSSR count). The van der Waals surface area contributed by atoms with Crippen molar-refractivity contribution < 1.29 is 9.90 Å². The van der Waals surface area contributed by atoms with Crippen LogP contribution >= 0.6 is 11.3 Å². The van der Waals surface area contributed by atoms with E-state index in [1.165, 1.54) is 16.9 Å². The molecule has 1 aromatic carbocycles. The molecule has 0 aliphatic rings. The minimum absolute atomic E-state index is 0.101. The number of benzene rings is 1. The van der Waals surface area contributed by atoms with Crippen LogP contribution in [0.5, 0.6) is 0 Å².